The van der Waals surface area contributed by atoms with Gasteiger partial charge in [0.15, 0.2) is 10.8 Å². The topological polar surface area (TPSA) is 115 Å². The van der Waals surface area contributed by atoms with Crippen LogP contribution >= 0.6 is 11.3 Å². The van der Waals surface area contributed by atoms with Crippen molar-refractivity contribution in [2.75, 3.05) is 5.32 Å². The fourth-order valence-corrected chi connectivity index (χ4v) is 3.51. The molecule has 4 rings (SSSR count). The van der Waals surface area contributed by atoms with Crippen LogP contribution < -0.4 is 5.32 Å². The van der Waals surface area contributed by atoms with Crippen molar-refractivity contribution >= 4 is 51.2 Å². The number of hydrogen-bond acceptors (Lipinski definition) is 7. The molecular formula is C19H13N3O4S. The Bertz CT molecular complexity index is 1100. The van der Waals surface area contributed by atoms with Crippen LogP contribution in [0.4, 0.5) is 16.5 Å². The van der Waals surface area contributed by atoms with Gasteiger partial charge in [0.05, 0.1) is 10.6 Å². The van der Waals surface area contributed by atoms with Crippen molar-refractivity contribution in [3.05, 3.63) is 59.0 Å². The number of rotatable bonds is 4. The predicted octanol–water partition coefficient (Wildman–Crippen LogP) is 4.01. The highest BCUT2D eigenvalue weighted by atomic mass is 32.1. The first kappa shape index (κ1) is 16.8. The molecule has 0 atom stereocenters. The molecule has 1 aliphatic rings. The number of nitrogens with one attached hydrogen (secondary N) is 1. The summed E-state index contributed by atoms with van der Waals surface area (Å²) in [6, 6.07) is 13.5. The Hall–Kier alpha value is -3.65. The lowest BCUT2D eigenvalue weighted by molar-refractivity contribution is -0.129. The van der Waals surface area contributed by atoms with E-state index in [2.05, 4.69) is 15.3 Å². The molecule has 0 unspecified atom stereocenters. The molecule has 7 nitrogen and oxygen atoms in total. The van der Waals surface area contributed by atoms with E-state index < -0.39 is 5.97 Å². The number of aliphatic carboxylic acids is 1. The quantitative estimate of drug-likeness (QED) is 0.509. The van der Waals surface area contributed by atoms with Crippen LogP contribution in [0.3, 0.4) is 0 Å². The Morgan fingerprint density at radius 1 is 1.07 bits per heavy atom. The highest BCUT2D eigenvalue weighted by Crippen LogP contribution is 2.39. The van der Waals surface area contributed by atoms with Crippen molar-refractivity contribution in [2.45, 2.75) is 0 Å². The van der Waals surface area contributed by atoms with Crippen LogP contribution in [0.2, 0.25) is 0 Å². The molecule has 27 heavy (non-hydrogen) atoms. The molecule has 4 N–H and O–H groups in total. The lowest BCUT2D eigenvalue weighted by Gasteiger charge is -2.01. The fourth-order valence-electron chi connectivity index (χ4n) is 2.69. The molecule has 0 spiro atoms. The molecule has 2 heterocycles. The summed E-state index contributed by atoms with van der Waals surface area (Å²) in [4.78, 5) is 20.2. The number of anilines is 2. The smallest absolute Gasteiger partial charge is 0.355 e. The van der Waals surface area contributed by atoms with Gasteiger partial charge in [0.2, 0.25) is 5.88 Å². The Kier molecular flexibility index (Phi) is 4.09. The summed E-state index contributed by atoms with van der Waals surface area (Å²) in [5.41, 5.74) is 2.31. The summed E-state index contributed by atoms with van der Waals surface area (Å²) in [6.45, 7) is 0. The van der Waals surface area contributed by atoms with E-state index in [1.807, 2.05) is 0 Å². The van der Waals surface area contributed by atoms with Crippen molar-refractivity contribution < 1.29 is 20.1 Å². The molecule has 3 aromatic rings. The van der Waals surface area contributed by atoms with Gasteiger partial charge in [-0.05, 0) is 36.4 Å². The minimum Gasteiger partial charge on any atom is -0.508 e. The first-order chi connectivity index (χ1) is 13.0. The molecule has 8 heteroatoms. The van der Waals surface area contributed by atoms with E-state index in [1.165, 1.54) is 23.5 Å². The Balaban J connectivity index is 1.69. The van der Waals surface area contributed by atoms with Gasteiger partial charge in [0.1, 0.15) is 5.75 Å². The molecule has 0 aliphatic carbocycles. The average Bonchev–Trinajstić information content (AvgIpc) is 3.18. The summed E-state index contributed by atoms with van der Waals surface area (Å²) in [5, 5.41) is 32.4. The molecule has 0 saturated heterocycles. The Morgan fingerprint density at radius 3 is 2.56 bits per heavy atom. The molecule has 0 fully saturated rings. The third kappa shape index (κ3) is 3.25. The van der Waals surface area contributed by atoms with E-state index in [0.717, 1.165) is 0 Å². The van der Waals surface area contributed by atoms with Crippen molar-refractivity contribution in [2.24, 2.45) is 4.99 Å². The third-order valence-electron chi connectivity index (χ3n) is 3.91. The van der Waals surface area contributed by atoms with E-state index in [0.29, 0.717) is 32.5 Å². The second-order valence-corrected chi connectivity index (χ2v) is 6.75. The number of thiazole rings is 1. The number of aliphatic imine (C=N–C) groups is 1. The molecule has 0 saturated carbocycles. The zero-order valence-corrected chi connectivity index (χ0v) is 14.6. The molecule has 0 bridgehead atoms. The van der Waals surface area contributed by atoms with Crippen LogP contribution in [0.15, 0.2) is 53.5 Å². The maximum Gasteiger partial charge on any atom is 0.355 e. The largest absolute Gasteiger partial charge is 0.508 e. The van der Waals surface area contributed by atoms with Gasteiger partial charge in [0, 0.05) is 16.8 Å². The molecule has 1 aromatic heterocycles. The van der Waals surface area contributed by atoms with Crippen molar-refractivity contribution in [1.29, 1.82) is 0 Å². The number of fused-ring (bicyclic) bond motifs is 1. The average molecular weight is 379 g/mol. The van der Waals surface area contributed by atoms with E-state index in [4.69, 9.17) is 0 Å². The van der Waals surface area contributed by atoms with Crippen LogP contribution in [0, 0.1) is 0 Å². The van der Waals surface area contributed by atoms with E-state index in [9.17, 15) is 20.1 Å². The number of phenols is 1. The number of carboxylic acids is 1. The van der Waals surface area contributed by atoms with Gasteiger partial charge in [-0.3, -0.25) is 0 Å². The van der Waals surface area contributed by atoms with Gasteiger partial charge in [-0.25, -0.2) is 9.79 Å². The van der Waals surface area contributed by atoms with E-state index in [-0.39, 0.29) is 17.3 Å². The van der Waals surface area contributed by atoms with Crippen molar-refractivity contribution in [3.63, 3.8) is 0 Å². The first-order valence-corrected chi connectivity index (χ1v) is 8.72. The minimum atomic E-state index is -1.14. The Labute approximate surface area is 157 Å². The zero-order chi connectivity index (χ0) is 19.0. The molecule has 2 aromatic carbocycles. The van der Waals surface area contributed by atoms with Gasteiger partial charge < -0.3 is 20.6 Å². The molecule has 0 radical (unpaired) electrons. The zero-order valence-electron chi connectivity index (χ0n) is 13.7. The van der Waals surface area contributed by atoms with Crippen LogP contribution in [0.1, 0.15) is 10.4 Å². The summed E-state index contributed by atoms with van der Waals surface area (Å²) >= 11 is 1.17. The molecule has 134 valence electrons. The maximum absolute atomic E-state index is 11.6. The van der Waals surface area contributed by atoms with E-state index in [1.54, 1.807) is 42.5 Å². The first-order valence-electron chi connectivity index (χ1n) is 7.90. The van der Waals surface area contributed by atoms with Gasteiger partial charge in [-0.1, -0.05) is 29.5 Å². The maximum atomic E-state index is 11.6. The standard InChI is InChI=1S/C19H13N3O4S/c23-11-7-5-10(6-8-11)20-19-22-17(24)15(27-19)9-13-12-3-1-2-4-14(12)21-16(13)18(25)26/h1-9,23-24H,(H,20,22)(H,25,26)/b13-9+. The van der Waals surface area contributed by atoms with Crippen molar-refractivity contribution in [1.82, 2.24) is 4.98 Å². The van der Waals surface area contributed by atoms with Crippen LogP contribution in [-0.4, -0.2) is 32.0 Å². The highest BCUT2D eigenvalue weighted by molar-refractivity contribution is 7.16. The molecular weight excluding hydrogens is 366 g/mol. The van der Waals surface area contributed by atoms with Gasteiger partial charge in [-0.15, -0.1) is 0 Å². The summed E-state index contributed by atoms with van der Waals surface area (Å²) < 4.78 is 0. The van der Waals surface area contributed by atoms with Gasteiger partial charge in [0.25, 0.3) is 0 Å². The number of hydrogen-bond donors (Lipinski definition) is 4. The normalized spacial score (nSPS) is 14.1. The minimum absolute atomic E-state index is 0.0722. The number of aromatic hydroxyl groups is 2. The van der Waals surface area contributed by atoms with Crippen LogP contribution in [0.25, 0.3) is 11.6 Å². The number of para-hydroxylation sites is 1. The SMILES string of the molecule is O=C(O)C1=Nc2ccccc2/C1=C\c1sc(Nc2ccc(O)cc2)nc1O. The Morgan fingerprint density at radius 2 is 1.81 bits per heavy atom. The van der Waals surface area contributed by atoms with E-state index >= 15 is 0 Å². The monoisotopic (exact) mass is 379 g/mol. The van der Waals surface area contributed by atoms with Gasteiger partial charge >= 0.3 is 5.97 Å². The summed E-state index contributed by atoms with van der Waals surface area (Å²) in [6.07, 6.45) is 1.58. The number of benzene rings is 2. The number of phenolic OH excluding ortho intramolecular Hbond substituents is 1. The predicted molar refractivity (Wildman–Crippen MR) is 104 cm³/mol. The second-order valence-electron chi connectivity index (χ2n) is 5.72. The van der Waals surface area contributed by atoms with Crippen molar-refractivity contribution in [3.8, 4) is 11.6 Å². The third-order valence-corrected chi connectivity index (χ3v) is 4.82. The number of aromatic nitrogens is 1. The fraction of sp³-hybridized carbons (Fsp3) is 0. The van der Waals surface area contributed by atoms with Crippen LogP contribution in [0.5, 0.6) is 11.6 Å². The second kappa shape index (κ2) is 6.58. The molecule has 0 amide bonds. The number of nitrogens with zero attached hydrogens (tertiary/aromatic N) is 2. The number of carbonyl (C=O) groups is 1. The summed E-state index contributed by atoms with van der Waals surface area (Å²) in [7, 11) is 0. The lowest BCUT2D eigenvalue weighted by atomic mass is 10.0. The summed E-state index contributed by atoms with van der Waals surface area (Å²) in [5.74, 6) is -1.19. The molecule has 1 aliphatic heterocycles. The van der Waals surface area contributed by atoms with Gasteiger partial charge in [-0.2, -0.15) is 4.98 Å². The number of carboxylic acid groups (broad SMARTS) is 1. The van der Waals surface area contributed by atoms with Crippen LogP contribution in [-0.2, 0) is 4.79 Å². The highest BCUT2D eigenvalue weighted by Gasteiger charge is 2.26. The lowest BCUT2D eigenvalue weighted by Crippen LogP contribution is -2.11.